The molecule has 0 spiro atoms. The van der Waals surface area contributed by atoms with E-state index >= 15 is 0 Å². The number of amides is 2. The van der Waals surface area contributed by atoms with Gasteiger partial charge in [0.25, 0.3) is 0 Å². The highest BCUT2D eigenvalue weighted by Crippen LogP contribution is 2.36. The number of benzene rings is 1. The Morgan fingerprint density at radius 2 is 1.91 bits per heavy atom. The zero-order chi connectivity index (χ0) is 15.1. The maximum absolute atomic E-state index is 12.9. The summed E-state index contributed by atoms with van der Waals surface area (Å²) in [6, 6.07) is 10.1. The molecule has 4 nitrogen and oxygen atoms in total. The second-order valence-corrected chi connectivity index (χ2v) is 6.58. The van der Waals surface area contributed by atoms with Crippen molar-refractivity contribution in [3.8, 4) is 0 Å². The number of hydrogen-bond donors (Lipinski definition) is 0. The normalized spacial score (nSPS) is 30.5. The van der Waals surface area contributed by atoms with Crippen LogP contribution in [0.15, 0.2) is 42.5 Å². The van der Waals surface area contributed by atoms with Gasteiger partial charge >= 0.3 is 0 Å². The van der Waals surface area contributed by atoms with Crippen LogP contribution < -0.4 is 0 Å². The van der Waals surface area contributed by atoms with Gasteiger partial charge in [0.1, 0.15) is 0 Å². The molecule has 0 N–H and O–H groups in total. The predicted molar refractivity (Wildman–Crippen MR) is 82.7 cm³/mol. The third-order valence-electron chi connectivity index (χ3n) is 5.08. The van der Waals surface area contributed by atoms with E-state index < -0.39 is 0 Å². The standard InChI is InChI=1S/C18H20N2O2/c21-17-8-4-7-16-15-9-14(12-20(16)17)11-19(18(15)22)10-13-5-2-1-3-6-13/h1-7,14-16H,8-12H2/t14-,15?,16?/m0/s1. The first-order valence-electron chi connectivity index (χ1n) is 8.01. The maximum atomic E-state index is 12.9. The topological polar surface area (TPSA) is 40.6 Å². The van der Waals surface area contributed by atoms with Gasteiger partial charge in [-0.15, -0.1) is 0 Å². The van der Waals surface area contributed by atoms with Crippen LogP contribution in [-0.2, 0) is 16.1 Å². The molecule has 3 aliphatic heterocycles. The number of piperidine rings is 2. The van der Waals surface area contributed by atoms with E-state index in [0.29, 0.717) is 18.9 Å². The average Bonchev–Trinajstić information content (AvgIpc) is 2.54. The Bertz CT molecular complexity index is 625. The number of nitrogens with zero attached hydrogens (tertiary/aromatic N) is 2. The van der Waals surface area contributed by atoms with Crippen molar-refractivity contribution in [2.24, 2.45) is 11.8 Å². The quantitative estimate of drug-likeness (QED) is 0.781. The zero-order valence-corrected chi connectivity index (χ0v) is 12.5. The Morgan fingerprint density at radius 1 is 1.09 bits per heavy atom. The first-order chi connectivity index (χ1) is 10.7. The van der Waals surface area contributed by atoms with Crippen molar-refractivity contribution in [3.05, 3.63) is 48.0 Å². The van der Waals surface area contributed by atoms with Gasteiger partial charge in [-0.2, -0.15) is 0 Å². The molecule has 0 aromatic heterocycles. The summed E-state index contributed by atoms with van der Waals surface area (Å²) in [6.45, 7) is 2.24. The summed E-state index contributed by atoms with van der Waals surface area (Å²) >= 11 is 0. The van der Waals surface area contributed by atoms with E-state index in [4.69, 9.17) is 0 Å². The van der Waals surface area contributed by atoms with Crippen molar-refractivity contribution in [2.45, 2.75) is 25.4 Å². The Labute approximate surface area is 130 Å². The lowest BCUT2D eigenvalue weighted by atomic mass is 9.77. The van der Waals surface area contributed by atoms with Gasteiger partial charge in [-0.25, -0.2) is 0 Å². The summed E-state index contributed by atoms with van der Waals surface area (Å²) in [5, 5.41) is 0. The van der Waals surface area contributed by atoms with Crippen molar-refractivity contribution in [1.29, 1.82) is 0 Å². The van der Waals surface area contributed by atoms with E-state index in [0.717, 1.165) is 19.5 Å². The van der Waals surface area contributed by atoms with E-state index in [1.165, 1.54) is 5.56 Å². The fourth-order valence-electron chi connectivity index (χ4n) is 4.08. The fraction of sp³-hybridized carbons (Fsp3) is 0.444. The number of fused-ring (bicyclic) bond motifs is 4. The van der Waals surface area contributed by atoms with Gasteiger partial charge in [-0.3, -0.25) is 9.59 Å². The van der Waals surface area contributed by atoms with E-state index in [1.54, 1.807) is 0 Å². The Hall–Kier alpha value is -2.10. The Morgan fingerprint density at radius 3 is 2.73 bits per heavy atom. The van der Waals surface area contributed by atoms with Crippen LogP contribution in [0.1, 0.15) is 18.4 Å². The van der Waals surface area contributed by atoms with Gasteiger partial charge in [0.05, 0.1) is 12.0 Å². The van der Waals surface area contributed by atoms with Crippen molar-refractivity contribution in [2.75, 3.05) is 13.1 Å². The molecule has 114 valence electrons. The largest absolute Gasteiger partial charge is 0.338 e. The molecule has 1 aromatic rings. The van der Waals surface area contributed by atoms with Crippen LogP contribution in [0.4, 0.5) is 0 Å². The summed E-state index contributed by atoms with van der Waals surface area (Å²) in [7, 11) is 0. The van der Waals surface area contributed by atoms with E-state index in [9.17, 15) is 9.59 Å². The average molecular weight is 296 g/mol. The monoisotopic (exact) mass is 296 g/mol. The minimum absolute atomic E-state index is 0.0245. The Balaban J connectivity index is 1.57. The summed E-state index contributed by atoms with van der Waals surface area (Å²) in [4.78, 5) is 28.9. The predicted octanol–water partition coefficient (Wildman–Crippen LogP) is 1.82. The number of carbonyl (C=O) groups excluding carboxylic acids is 2. The Kier molecular flexibility index (Phi) is 3.25. The van der Waals surface area contributed by atoms with Gasteiger partial charge in [0, 0.05) is 26.1 Å². The van der Waals surface area contributed by atoms with Gasteiger partial charge in [0.2, 0.25) is 11.8 Å². The van der Waals surface area contributed by atoms with Crippen LogP contribution in [0, 0.1) is 11.8 Å². The molecule has 22 heavy (non-hydrogen) atoms. The second-order valence-electron chi connectivity index (χ2n) is 6.58. The molecule has 0 radical (unpaired) electrons. The molecule has 2 bridgehead atoms. The van der Waals surface area contributed by atoms with Crippen LogP contribution in [0.25, 0.3) is 0 Å². The van der Waals surface area contributed by atoms with Gasteiger partial charge in [-0.05, 0) is 17.9 Å². The molecular weight excluding hydrogens is 276 g/mol. The molecule has 4 heteroatoms. The fourth-order valence-corrected chi connectivity index (χ4v) is 4.08. The molecule has 2 fully saturated rings. The highest BCUT2D eigenvalue weighted by Gasteiger charge is 2.46. The molecule has 2 saturated heterocycles. The molecule has 2 amide bonds. The molecule has 3 aliphatic rings. The molecular formula is C18H20N2O2. The van der Waals surface area contributed by atoms with Crippen molar-refractivity contribution in [1.82, 2.24) is 9.80 Å². The van der Waals surface area contributed by atoms with Crippen LogP contribution in [0.2, 0.25) is 0 Å². The van der Waals surface area contributed by atoms with E-state index in [1.807, 2.05) is 34.1 Å². The molecule has 3 heterocycles. The van der Waals surface area contributed by atoms with E-state index in [-0.39, 0.29) is 23.8 Å². The van der Waals surface area contributed by atoms with Crippen LogP contribution in [0.5, 0.6) is 0 Å². The maximum Gasteiger partial charge on any atom is 0.228 e. The number of likely N-dealkylation sites (tertiary alicyclic amines) is 1. The molecule has 2 unspecified atom stereocenters. The highest BCUT2D eigenvalue weighted by molar-refractivity contribution is 5.85. The molecule has 0 aliphatic carbocycles. The summed E-state index contributed by atoms with van der Waals surface area (Å²) in [6.07, 6.45) is 5.39. The van der Waals surface area contributed by atoms with Crippen LogP contribution >= 0.6 is 0 Å². The molecule has 3 atom stereocenters. The number of carbonyl (C=O) groups is 2. The third kappa shape index (κ3) is 2.23. The number of hydrogen-bond acceptors (Lipinski definition) is 2. The molecule has 0 saturated carbocycles. The molecule has 4 rings (SSSR count). The van der Waals surface area contributed by atoms with Crippen LogP contribution in [0.3, 0.4) is 0 Å². The lowest BCUT2D eigenvalue weighted by Crippen LogP contribution is -2.61. The minimum atomic E-state index is -0.0586. The second kappa shape index (κ2) is 5.27. The summed E-state index contributed by atoms with van der Waals surface area (Å²) in [5.74, 6) is 0.732. The first kappa shape index (κ1) is 13.6. The lowest BCUT2D eigenvalue weighted by Gasteiger charge is -2.50. The smallest absolute Gasteiger partial charge is 0.228 e. The summed E-state index contributed by atoms with van der Waals surface area (Å²) in [5.41, 5.74) is 1.17. The van der Waals surface area contributed by atoms with E-state index in [2.05, 4.69) is 18.2 Å². The van der Waals surface area contributed by atoms with Crippen molar-refractivity contribution in [3.63, 3.8) is 0 Å². The highest BCUT2D eigenvalue weighted by atomic mass is 16.2. The van der Waals surface area contributed by atoms with Crippen molar-refractivity contribution < 1.29 is 9.59 Å². The van der Waals surface area contributed by atoms with Crippen LogP contribution in [-0.4, -0.2) is 40.7 Å². The molecule has 1 aromatic carbocycles. The first-order valence-corrected chi connectivity index (χ1v) is 8.01. The zero-order valence-electron chi connectivity index (χ0n) is 12.5. The summed E-state index contributed by atoms with van der Waals surface area (Å²) < 4.78 is 0. The minimum Gasteiger partial charge on any atom is -0.338 e. The third-order valence-corrected chi connectivity index (χ3v) is 5.08. The van der Waals surface area contributed by atoms with Gasteiger partial charge in [-0.1, -0.05) is 42.5 Å². The lowest BCUT2D eigenvalue weighted by molar-refractivity contribution is -0.153. The number of rotatable bonds is 2. The van der Waals surface area contributed by atoms with Gasteiger partial charge in [0.15, 0.2) is 0 Å². The van der Waals surface area contributed by atoms with Gasteiger partial charge < -0.3 is 9.80 Å². The van der Waals surface area contributed by atoms with Crippen molar-refractivity contribution >= 4 is 11.8 Å². The SMILES string of the molecule is O=C1C2C[C@@H](CN1Cc1ccccc1)CN1C(=O)CC=CC21.